The minimum Gasteiger partial charge on any atom is -0.346 e. The van der Waals surface area contributed by atoms with Gasteiger partial charge in [0.25, 0.3) is 0 Å². The van der Waals surface area contributed by atoms with Crippen LogP contribution in [0.5, 0.6) is 0 Å². The number of rotatable bonds is 6. The van der Waals surface area contributed by atoms with Crippen LogP contribution in [0.1, 0.15) is 51.0 Å². The van der Waals surface area contributed by atoms with E-state index in [9.17, 15) is 0 Å². The highest BCUT2D eigenvalue weighted by Crippen LogP contribution is 2.06. The Bertz CT molecular complexity index is 228. The van der Waals surface area contributed by atoms with Crippen molar-refractivity contribution in [3.63, 3.8) is 0 Å². The molecule has 0 aliphatic rings. The first kappa shape index (κ1) is 10.3. The fraction of sp³-hybridized carbons (Fsp3) is 0.727. The second-order valence-corrected chi connectivity index (χ2v) is 3.52. The molecule has 0 atom stereocenters. The van der Waals surface area contributed by atoms with E-state index in [2.05, 4.69) is 23.8 Å². The summed E-state index contributed by atoms with van der Waals surface area (Å²) in [5.74, 6) is 1.12. The molecule has 0 bridgehead atoms. The molecule has 0 saturated carbocycles. The number of H-pyrrole nitrogens is 1. The van der Waals surface area contributed by atoms with E-state index in [1.165, 1.54) is 31.4 Å². The number of imidazole rings is 1. The van der Waals surface area contributed by atoms with E-state index in [0.717, 1.165) is 18.7 Å². The Kier molecular flexibility index (Phi) is 4.58. The Morgan fingerprint density at radius 2 is 2.08 bits per heavy atom. The Balaban J connectivity index is 2.20. The van der Waals surface area contributed by atoms with Crippen LogP contribution in [0.15, 0.2) is 6.20 Å². The molecule has 1 N–H and O–H groups in total. The van der Waals surface area contributed by atoms with Gasteiger partial charge in [0.2, 0.25) is 0 Å². The third-order valence-corrected chi connectivity index (χ3v) is 2.32. The molecule has 0 spiro atoms. The zero-order valence-electron chi connectivity index (χ0n) is 8.77. The van der Waals surface area contributed by atoms with Crippen LogP contribution < -0.4 is 0 Å². The van der Waals surface area contributed by atoms with Gasteiger partial charge in [-0.3, -0.25) is 0 Å². The number of unbranched alkanes of at least 4 members (excludes halogenated alkanes) is 3. The molecule has 0 amide bonds. The van der Waals surface area contributed by atoms with Crippen LogP contribution in [0.25, 0.3) is 0 Å². The minimum atomic E-state index is 1.01. The lowest BCUT2D eigenvalue weighted by Crippen LogP contribution is -1.87. The number of aromatic nitrogens is 2. The SMILES string of the molecule is CCCCCCc1cnc(CC)[nH]1. The third kappa shape index (κ3) is 3.62. The van der Waals surface area contributed by atoms with Crippen LogP contribution in [0, 0.1) is 0 Å². The Morgan fingerprint density at radius 3 is 2.69 bits per heavy atom. The molecule has 2 nitrogen and oxygen atoms in total. The first-order valence-electron chi connectivity index (χ1n) is 5.39. The van der Waals surface area contributed by atoms with Crippen LogP contribution in [-0.2, 0) is 12.8 Å². The summed E-state index contributed by atoms with van der Waals surface area (Å²) in [5.41, 5.74) is 1.30. The Labute approximate surface area is 80.8 Å². The highest BCUT2D eigenvalue weighted by Gasteiger charge is 1.97. The quantitative estimate of drug-likeness (QED) is 0.669. The van der Waals surface area contributed by atoms with Crippen LogP contribution >= 0.6 is 0 Å². The predicted octanol–water partition coefficient (Wildman–Crippen LogP) is 3.09. The molecule has 0 unspecified atom stereocenters. The van der Waals surface area contributed by atoms with E-state index >= 15 is 0 Å². The summed E-state index contributed by atoms with van der Waals surface area (Å²) in [6.45, 7) is 4.37. The summed E-state index contributed by atoms with van der Waals surface area (Å²) in [4.78, 5) is 7.61. The maximum atomic E-state index is 4.28. The van der Waals surface area contributed by atoms with E-state index in [0.29, 0.717) is 0 Å². The van der Waals surface area contributed by atoms with Crippen molar-refractivity contribution >= 4 is 0 Å². The molecule has 1 heterocycles. The van der Waals surface area contributed by atoms with Crippen molar-refractivity contribution in [3.8, 4) is 0 Å². The average Bonchev–Trinajstić information content (AvgIpc) is 2.60. The van der Waals surface area contributed by atoms with E-state index < -0.39 is 0 Å². The lowest BCUT2D eigenvalue weighted by Gasteiger charge is -1.96. The molecule has 2 heteroatoms. The maximum Gasteiger partial charge on any atom is 0.105 e. The number of aromatic amines is 1. The molecule has 0 aliphatic carbocycles. The summed E-state index contributed by atoms with van der Waals surface area (Å²) in [6, 6.07) is 0. The second-order valence-electron chi connectivity index (χ2n) is 3.52. The average molecular weight is 180 g/mol. The van der Waals surface area contributed by atoms with E-state index in [4.69, 9.17) is 0 Å². The molecule has 0 fully saturated rings. The summed E-state index contributed by atoms with van der Waals surface area (Å²) in [7, 11) is 0. The first-order valence-corrected chi connectivity index (χ1v) is 5.39. The van der Waals surface area contributed by atoms with Gasteiger partial charge in [0, 0.05) is 18.3 Å². The Hall–Kier alpha value is -0.790. The molecule has 0 aromatic carbocycles. The molecule has 13 heavy (non-hydrogen) atoms. The van der Waals surface area contributed by atoms with Gasteiger partial charge in [-0.25, -0.2) is 4.98 Å². The van der Waals surface area contributed by atoms with E-state index in [-0.39, 0.29) is 0 Å². The topological polar surface area (TPSA) is 28.7 Å². The Morgan fingerprint density at radius 1 is 1.23 bits per heavy atom. The normalized spacial score (nSPS) is 10.6. The largest absolute Gasteiger partial charge is 0.346 e. The summed E-state index contributed by atoms with van der Waals surface area (Å²) in [6.07, 6.45) is 9.45. The number of hydrogen-bond donors (Lipinski definition) is 1. The molecule has 1 aromatic heterocycles. The molecular formula is C11H20N2. The van der Waals surface area contributed by atoms with Gasteiger partial charge in [-0.15, -0.1) is 0 Å². The van der Waals surface area contributed by atoms with Gasteiger partial charge in [-0.1, -0.05) is 33.1 Å². The molecule has 1 aromatic rings. The third-order valence-electron chi connectivity index (χ3n) is 2.32. The molecular weight excluding hydrogens is 160 g/mol. The van der Waals surface area contributed by atoms with Gasteiger partial charge < -0.3 is 4.98 Å². The van der Waals surface area contributed by atoms with Gasteiger partial charge in [-0.2, -0.15) is 0 Å². The van der Waals surface area contributed by atoms with Crippen LogP contribution in [0.2, 0.25) is 0 Å². The van der Waals surface area contributed by atoms with Gasteiger partial charge in [0.1, 0.15) is 5.82 Å². The minimum absolute atomic E-state index is 1.01. The monoisotopic (exact) mass is 180 g/mol. The van der Waals surface area contributed by atoms with Gasteiger partial charge in [0.15, 0.2) is 0 Å². The fourth-order valence-electron chi connectivity index (χ4n) is 1.45. The summed E-state index contributed by atoms with van der Waals surface area (Å²) >= 11 is 0. The number of hydrogen-bond acceptors (Lipinski definition) is 1. The number of nitrogens with zero attached hydrogens (tertiary/aromatic N) is 1. The maximum absolute atomic E-state index is 4.28. The predicted molar refractivity (Wildman–Crippen MR) is 55.8 cm³/mol. The van der Waals surface area contributed by atoms with Crippen molar-refractivity contribution in [2.75, 3.05) is 0 Å². The van der Waals surface area contributed by atoms with E-state index in [1.54, 1.807) is 0 Å². The standard InChI is InChI=1S/C11H20N2/c1-3-5-6-7-8-10-9-12-11(4-2)13-10/h9H,3-8H2,1-2H3,(H,12,13). The zero-order valence-corrected chi connectivity index (χ0v) is 8.77. The van der Waals surface area contributed by atoms with Crippen molar-refractivity contribution in [1.29, 1.82) is 0 Å². The molecule has 74 valence electrons. The second kappa shape index (κ2) is 5.79. The summed E-state index contributed by atoms with van der Waals surface area (Å²) < 4.78 is 0. The highest BCUT2D eigenvalue weighted by molar-refractivity contribution is 5.00. The number of nitrogens with one attached hydrogen (secondary N) is 1. The van der Waals surface area contributed by atoms with Crippen molar-refractivity contribution in [2.45, 2.75) is 52.4 Å². The lowest BCUT2D eigenvalue weighted by atomic mass is 10.1. The number of aryl methyl sites for hydroxylation is 2. The van der Waals surface area contributed by atoms with E-state index in [1.807, 2.05) is 6.20 Å². The highest BCUT2D eigenvalue weighted by atomic mass is 14.9. The van der Waals surface area contributed by atoms with Crippen molar-refractivity contribution in [2.24, 2.45) is 0 Å². The zero-order chi connectivity index (χ0) is 9.52. The van der Waals surface area contributed by atoms with Crippen LogP contribution in [0.4, 0.5) is 0 Å². The van der Waals surface area contributed by atoms with Crippen LogP contribution in [0.3, 0.4) is 0 Å². The van der Waals surface area contributed by atoms with Gasteiger partial charge in [-0.05, 0) is 12.8 Å². The molecule has 0 saturated heterocycles. The molecule has 0 aliphatic heterocycles. The van der Waals surface area contributed by atoms with Gasteiger partial charge in [0.05, 0.1) is 0 Å². The summed E-state index contributed by atoms with van der Waals surface area (Å²) in [5, 5.41) is 0. The van der Waals surface area contributed by atoms with Crippen LogP contribution in [-0.4, -0.2) is 9.97 Å². The van der Waals surface area contributed by atoms with Crippen molar-refractivity contribution < 1.29 is 0 Å². The van der Waals surface area contributed by atoms with Crippen molar-refractivity contribution in [1.82, 2.24) is 9.97 Å². The first-order chi connectivity index (χ1) is 6.36. The van der Waals surface area contributed by atoms with Gasteiger partial charge >= 0.3 is 0 Å². The molecule has 0 radical (unpaired) electrons. The van der Waals surface area contributed by atoms with Crippen molar-refractivity contribution in [3.05, 3.63) is 17.7 Å². The fourth-order valence-corrected chi connectivity index (χ4v) is 1.45. The smallest absolute Gasteiger partial charge is 0.105 e. The molecule has 1 rings (SSSR count). The lowest BCUT2D eigenvalue weighted by molar-refractivity contribution is 0.661.